The molecule has 120 valence electrons. The Labute approximate surface area is 129 Å². The summed E-state index contributed by atoms with van der Waals surface area (Å²) in [5.74, 6) is 0.896. The molecule has 0 aromatic carbocycles. The van der Waals surface area contributed by atoms with Crippen LogP contribution in [0.3, 0.4) is 0 Å². The topological polar surface area (TPSA) is 66.0 Å². The number of hydrogen-bond acceptors (Lipinski definition) is 5. The Kier molecular flexibility index (Phi) is 4.73. The summed E-state index contributed by atoms with van der Waals surface area (Å²) in [6.45, 7) is 11.2. The molecular weight excluding hydrogens is 262 g/mol. The van der Waals surface area contributed by atoms with Gasteiger partial charge < -0.3 is 10.2 Å². The molecule has 0 saturated carbocycles. The molecule has 0 amide bonds. The van der Waals surface area contributed by atoms with Crippen LogP contribution in [0.5, 0.6) is 0 Å². The zero-order chi connectivity index (χ0) is 15.7. The Morgan fingerprint density at radius 2 is 1.90 bits per heavy atom. The van der Waals surface area contributed by atoms with Gasteiger partial charge in [0.15, 0.2) is 6.29 Å². The number of piperidine rings is 1. The minimum absolute atomic E-state index is 0.103. The van der Waals surface area contributed by atoms with E-state index in [0.29, 0.717) is 6.04 Å². The Morgan fingerprint density at radius 3 is 2.43 bits per heavy atom. The normalized spacial score (nSPS) is 28.6. The number of unbranched alkanes of at least 4 members (excludes halogenated alkanes) is 1. The summed E-state index contributed by atoms with van der Waals surface area (Å²) in [5, 5.41) is 3.70. The van der Waals surface area contributed by atoms with Gasteiger partial charge in [-0.05, 0) is 47.0 Å². The molecule has 2 heterocycles. The van der Waals surface area contributed by atoms with Crippen molar-refractivity contribution in [2.45, 2.75) is 90.1 Å². The van der Waals surface area contributed by atoms with Gasteiger partial charge in [-0.15, -0.1) is 0 Å². The van der Waals surface area contributed by atoms with E-state index in [1.807, 2.05) is 6.34 Å². The lowest BCUT2D eigenvalue weighted by Gasteiger charge is -2.50. The first kappa shape index (κ1) is 16.4. The number of nitrogens with two attached hydrogens (primary N) is 1. The van der Waals surface area contributed by atoms with Crippen LogP contribution in [0.25, 0.3) is 0 Å². The molecule has 0 radical (unpaired) electrons. The molecule has 5 heteroatoms. The van der Waals surface area contributed by atoms with E-state index in [4.69, 9.17) is 5.73 Å². The Hall–Kier alpha value is -0.940. The number of hydrogen-bond donors (Lipinski definition) is 2. The Bertz CT molecular complexity index is 408. The Balaban J connectivity index is 2.06. The molecule has 0 aliphatic carbocycles. The van der Waals surface area contributed by atoms with E-state index < -0.39 is 0 Å². The SMILES string of the molecule is CCCCC1=NC(N)N(C2CC(C)(C)NC(C)(C)C2)C=N1. The minimum Gasteiger partial charge on any atom is -0.325 e. The average Bonchev–Trinajstić information content (AvgIpc) is 2.32. The van der Waals surface area contributed by atoms with E-state index in [9.17, 15) is 0 Å². The predicted molar refractivity (Wildman–Crippen MR) is 89.6 cm³/mol. The first-order valence-electron chi connectivity index (χ1n) is 8.16. The van der Waals surface area contributed by atoms with Crippen molar-refractivity contribution in [3.8, 4) is 0 Å². The predicted octanol–water partition coefficient (Wildman–Crippen LogP) is 2.47. The van der Waals surface area contributed by atoms with E-state index in [1.165, 1.54) is 0 Å². The minimum atomic E-state index is -0.288. The van der Waals surface area contributed by atoms with Crippen LogP contribution in [0.2, 0.25) is 0 Å². The van der Waals surface area contributed by atoms with Crippen LogP contribution in [0.15, 0.2) is 9.98 Å². The largest absolute Gasteiger partial charge is 0.325 e. The molecule has 2 aliphatic heterocycles. The number of aliphatic imine (C=N–C) groups is 2. The summed E-state index contributed by atoms with van der Waals surface area (Å²) in [4.78, 5) is 11.2. The van der Waals surface area contributed by atoms with Crippen LogP contribution in [0.1, 0.15) is 66.7 Å². The van der Waals surface area contributed by atoms with Crippen LogP contribution in [-0.4, -0.2) is 40.5 Å². The first-order chi connectivity index (χ1) is 9.72. The van der Waals surface area contributed by atoms with Crippen molar-refractivity contribution in [2.75, 3.05) is 0 Å². The van der Waals surface area contributed by atoms with Crippen molar-refractivity contribution < 1.29 is 0 Å². The number of nitrogens with one attached hydrogen (secondary N) is 1. The van der Waals surface area contributed by atoms with Crippen LogP contribution in [-0.2, 0) is 0 Å². The molecular formula is C16H31N5. The molecule has 1 saturated heterocycles. The quantitative estimate of drug-likeness (QED) is 0.837. The lowest BCUT2D eigenvalue weighted by molar-refractivity contribution is 0.0885. The van der Waals surface area contributed by atoms with Gasteiger partial charge in [0, 0.05) is 23.5 Å². The molecule has 0 bridgehead atoms. The molecule has 1 unspecified atom stereocenters. The zero-order valence-corrected chi connectivity index (χ0v) is 14.2. The van der Waals surface area contributed by atoms with Crippen molar-refractivity contribution in [1.82, 2.24) is 10.2 Å². The summed E-state index contributed by atoms with van der Waals surface area (Å²) in [7, 11) is 0. The maximum absolute atomic E-state index is 6.28. The Morgan fingerprint density at radius 1 is 1.29 bits per heavy atom. The fourth-order valence-electron chi connectivity index (χ4n) is 3.71. The van der Waals surface area contributed by atoms with E-state index in [0.717, 1.165) is 37.9 Å². The molecule has 1 atom stereocenters. The summed E-state index contributed by atoms with van der Waals surface area (Å²) in [6.07, 6.45) is 6.94. The monoisotopic (exact) mass is 293 g/mol. The van der Waals surface area contributed by atoms with Crippen molar-refractivity contribution in [1.29, 1.82) is 0 Å². The van der Waals surface area contributed by atoms with Crippen molar-refractivity contribution in [2.24, 2.45) is 15.7 Å². The maximum Gasteiger partial charge on any atom is 0.176 e. The van der Waals surface area contributed by atoms with Gasteiger partial charge in [0.05, 0.1) is 6.34 Å². The van der Waals surface area contributed by atoms with Crippen molar-refractivity contribution in [3.05, 3.63) is 0 Å². The fourth-order valence-corrected chi connectivity index (χ4v) is 3.71. The van der Waals surface area contributed by atoms with Gasteiger partial charge >= 0.3 is 0 Å². The third-order valence-corrected chi connectivity index (χ3v) is 4.27. The van der Waals surface area contributed by atoms with Crippen molar-refractivity contribution >= 4 is 12.2 Å². The molecule has 0 aromatic rings. The smallest absolute Gasteiger partial charge is 0.176 e. The fraction of sp³-hybridized carbons (Fsp3) is 0.875. The second-order valence-corrected chi connectivity index (χ2v) is 7.71. The van der Waals surface area contributed by atoms with Crippen LogP contribution < -0.4 is 11.1 Å². The van der Waals surface area contributed by atoms with Crippen LogP contribution >= 0.6 is 0 Å². The molecule has 3 N–H and O–H groups in total. The summed E-state index contributed by atoms with van der Waals surface area (Å²) < 4.78 is 0. The number of rotatable bonds is 4. The molecule has 2 rings (SSSR count). The van der Waals surface area contributed by atoms with Gasteiger partial charge in [-0.25, -0.2) is 9.98 Å². The highest BCUT2D eigenvalue weighted by Crippen LogP contribution is 2.32. The highest BCUT2D eigenvalue weighted by atomic mass is 15.4. The molecule has 0 spiro atoms. The average molecular weight is 293 g/mol. The van der Waals surface area contributed by atoms with E-state index >= 15 is 0 Å². The van der Waals surface area contributed by atoms with E-state index in [1.54, 1.807) is 0 Å². The van der Waals surface area contributed by atoms with E-state index in [2.05, 4.69) is 54.8 Å². The van der Waals surface area contributed by atoms with Crippen LogP contribution in [0.4, 0.5) is 0 Å². The second kappa shape index (κ2) is 6.05. The second-order valence-electron chi connectivity index (χ2n) is 7.71. The summed E-state index contributed by atoms with van der Waals surface area (Å²) in [5.41, 5.74) is 6.48. The summed E-state index contributed by atoms with van der Waals surface area (Å²) in [6, 6.07) is 0.381. The van der Waals surface area contributed by atoms with Gasteiger partial charge in [0.2, 0.25) is 0 Å². The highest BCUT2D eigenvalue weighted by molar-refractivity contribution is 5.90. The third kappa shape index (κ3) is 4.27. The molecule has 0 aromatic heterocycles. The van der Waals surface area contributed by atoms with Crippen molar-refractivity contribution in [3.63, 3.8) is 0 Å². The summed E-state index contributed by atoms with van der Waals surface area (Å²) >= 11 is 0. The van der Waals surface area contributed by atoms with Gasteiger partial charge in [-0.2, -0.15) is 0 Å². The maximum atomic E-state index is 6.28. The van der Waals surface area contributed by atoms with E-state index in [-0.39, 0.29) is 17.4 Å². The number of amidine groups is 1. The third-order valence-electron chi connectivity index (χ3n) is 4.27. The highest BCUT2D eigenvalue weighted by Gasteiger charge is 2.41. The van der Waals surface area contributed by atoms with Crippen LogP contribution in [0, 0.1) is 0 Å². The van der Waals surface area contributed by atoms with Gasteiger partial charge in [-0.3, -0.25) is 5.73 Å². The first-order valence-corrected chi connectivity index (χ1v) is 8.16. The van der Waals surface area contributed by atoms with Gasteiger partial charge in [0.25, 0.3) is 0 Å². The zero-order valence-electron chi connectivity index (χ0n) is 14.2. The molecule has 5 nitrogen and oxygen atoms in total. The molecule has 1 fully saturated rings. The van der Waals surface area contributed by atoms with Gasteiger partial charge in [0.1, 0.15) is 5.84 Å². The lowest BCUT2D eigenvalue weighted by Crippen LogP contribution is -2.64. The number of nitrogens with zero attached hydrogens (tertiary/aromatic N) is 3. The lowest BCUT2D eigenvalue weighted by atomic mass is 9.79. The standard InChI is InChI=1S/C16H31N5/c1-6-7-8-13-18-11-21(14(17)19-13)12-9-15(2,3)20-16(4,5)10-12/h11-12,14,20H,6-10,17H2,1-5H3. The molecule has 2 aliphatic rings. The molecule has 21 heavy (non-hydrogen) atoms. The van der Waals surface area contributed by atoms with Gasteiger partial charge in [-0.1, -0.05) is 13.3 Å².